The van der Waals surface area contributed by atoms with Crippen molar-refractivity contribution in [3.05, 3.63) is 71.3 Å². The zero-order chi connectivity index (χ0) is 24.0. The number of rotatable bonds is 7. The fraction of sp³-hybridized carbons (Fsp3) is 0.318. The number of hydroxylamine groups is 3. The summed E-state index contributed by atoms with van der Waals surface area (Å²) in [5.74, 6) is -0.680. The van der Waals surface area contributed by atoms with Crippen molar-refractivity contribution in [3.8, 4) is 0 Å². The van der Waals surface area contributed by atoms with E-state index in [1.807, 2.05) is 30.3 Å². The summed E-state index contributed by atoms with van der Waals surface area (Å²) in [6, 6.07) is 11.7. The Labute approximate surface area is 195 Å². The van der Waals surface area contributed by atoms with Crippen LogP contribution in [0.1, 0.15) is 24.5 Å². The molecule has 1 unspecified atom stereocenters. The molecule has 0 spiro atoms. The highest BCUT2D eigenvalue weighted by Gasteiger charge is 2.50. The number of nitrogens with zero attached hydrogens (tertiary/aromatic N) is 4. The number of amidine groups is 1. The van der Waals surface area contributed by atoms with Crippen LogP contribution in [0.3, 0.4) is 0 Å². The highest BCUT2D eigenvalue weighted by Crippen LogP contribution is 2.50. The van der Waals surface area contributed by atoms with E-state index in [2.05, 4.69) is 15.6 Å². The highest BCUT2D eigenvalue weighted by molar-refractivity contribution is 8.15. The van der Waals surface area contributed by atoms with Crippen LogP contribution in [-0.4, -0.2) is 54.8 Å². The molecular formula is C22H25F2N5O3S. The van der Waals surface area contributed by atoms with Crippen LogP contribution in [0.2, 0.25) is 0 Å². The number of hydrogen-bond donors (Lipinski definition) is 1. The summed E-state index contributed by atoms with van der Waals surface area (Å²) in [6.45, 7) is 1.90. The van der Waals surface area contributed by atoms with Crippen LogP contribution < -0.4 is 5.48 Å². The molecule has 8 nitrogen and oxygen atoms in total. The molecular weight excluding hydrogens is 452 g/mol. The molecule has 0 aromatic heterocycles. The van der Waals surface area contributed by atoms with E-state index in [1.54, 1.807) is 14.0 Å². The third-order valence-corrected chi connectivity index (χ3v) is 6.45. The Kier molecular flexibility index (Phi) is 8.01. The van der Waals surface area contributed by atoms with Gasteiger partial charge in [0.15, 0.2) is 0 Å². The number of aliphatic imine (C=N–C) groups is 1. The maximum atomic E-state index is 14.6. The van der Waals surface area contributed by atoms with Gasteiger partial charge >= 0.3 is 6.03 Å². The van der Waals surface area contributed by atoms with Crippen LogP contribution in [0.5, 0.6) is 0 Å². The Morgan fingerprint density at radius 1 is 1.27 bits per heavy atom. The Morgan fingerprint density at radius 3 is 2.67 bits per heavy atom. The van der Waals surface area contributed by atoms with Crippen molar-refractivity contribution in [1.29, 1.82) is 0 Å². The predicted octanol–water partition coefficient (Wildman–Crippen LogP) is 4.10. The van der Waals surface area contributed by atoms with Crippen molar-refractivity contribution in [3.63, 3.8) is 0 Å². The number of hydrazone groups is 1. The summed E-state index contributed by atoms with van der Waals surface area (Å²) in [6.07, 6.45) is 0.263. The summed E-state index contributed by atoms with van der Waals surface area (Å²) in [7, 11) is 4.42. The van der Waals surface area contributed by atoms with Gasteiger partial charge in [-0.1, -0.05) is 42.1 Å². The van der Waals surface area contributed by atoms with Crippen molar-refractivity contribution in [2.75, 3.05) is 27.8 Å². The normalized spacial score (nSPS) is 18.3. The fourth-order valence-corrected chi connectivity index (χ4v) is 4.50. The molecule has 2 amide bonds. The highest BCUT2D eigenvalue weighted by atomic mass is 32.2. The number of amides is 2. The van der Waals surface area contributed by atoms with Crippen molar-refractivity contribution < 1.29 is 23.3 Å². The third-order valence-electron chi connectivity index (χ3n) is 5.00. The lowest BCUT2D eigenvalue weighted by molar-refractivity contribution is -0.0814. The molecule has 0 saturated carbocycles. The zero-order valence-electron chi connectivity index (χ0n) is 18.7. The van der Waals surface area contributed by atoms with Gasteiger partial charge in [0.25, 0.3) is 0 Å². The third kappa shape index (κ3) is 5.32. The average Bonchev–Trinajstić information content (AvgIpc) is 3.23. The molecule has 0 bridgehead atoms. The number of urea groups is 1. The maximum absolute atomic E-state index is 14.6. The lowest BCUT2D eigenvalue weighted by Crippen LogP contribution is -2.47. The first-order valence-corrected chi connectivity index (χ1v) is 10.9. The maximum Gasteiger partial charge on any atom is 0.365 e. The second kappa shape index (κ2) is 10.7. The van der Waals surface area contributed by atoms with Crippen LogP contribution in [0.4, 0.5) is 13.6 Å². The Balaban J connectivity index is 2.06. The Bertz CT molecular complexity index is 1050. The van der Waals surface area contributed by atoms with Crippen LogP contribution in [-0.2, 0) is 14.5 Å². The van der Waals surface area contributed by atoms with E-state index in [-0.39, 0.29) is 23.6 Å². The molecule has 1 aliphatic heterocycles. The zero-order valence-corrected chi connectivity index (χ0v) is 19.5. The SMILES string of the molecule is CN=C(C)NOCCC1(c2ccccc2)SC(c2cc(F)ccc2F)=NN1C(=O)N(C)OC. The van der Waals surface area contributed by atoms with E-state index in [4.69, 9.17) is 9.68 Å². The number of halogens is 2. The van der Waals surface area contributed by atoms with Crippen molar-refractivity contribution in [1.82, 2.24) is 15.6 Å². The summed E-state index contributed by atoms with van der Waals surface area (Å²) in [4.78, 5) is 26.7. The molecule has 0 aliphatic carbocycles. The Morgan fingerprint density at radius 2 is 2.00 bits per heavy atom. The molecule has 1 aliphatic rings. The number of hydrogen-bond acceptors (Lipinski definition) is 6. The number of benzene rings is 2. The van der Waals surface area contributed by atoms with Gasteiger partial charge in [-0.25, -0.2) is 18.6 Å². The first kappa shape index (κ1) is 24.6. The van der Waals surface area contributed by atoms with E-state index in [0.717, 1.165) is 40.6 Å². The van der Waals surface area contributed by atoms with Gasteiger partial charge in [0.2, 0.25) is 0 Å². The molecule has 0 fully saturated rings. The summed E-state index contributed by atoms with van der Waals surface area (Å²) in [5.41, 5.74) is 3.41. The molecule has 33 heavy (non-hydrogen) atoms. The average molecular weight is 478 g/mol. The number of carbonyl (C=O) groups excluding carboxylic acids is 1. The molecule has 176 valence electrons. The van der Waals surface area contributed by atoms with Gasteiger partial charge in [0, 0.05) is 26.1 Å². The van der Waals surface area contributed by atoms with E-state index in [1.165, 1.54) is 19.2 Å². The molecule has 3 rings (SSSR count). The first-order valence-electron chi connectivity index (χ1n) is 10.0. The van der Waals surface area contributed by atoms with Gasteiger partial charge in [-0.2, -0.15) is 10.1 Å². The Hall–Kier alpha value is -3.02. The molecule has 2 aromatic rings. The predicted molar refractivity (Wildman–Crippen MR) is 123 cm³/mol. The van der Waals surface area contributed by atoms with Gasteiger partial charge in [-0.3, -0.25) is 20.1 Å². The van der Waals surface area contributed by atoms with Crippen molar-refractivity contribution in [2.45, 2.75) is 18.2 Å². The molecule has 2 aromatic carbocycles. The van der Waals surface area contributed by atoms with Crippen molar-refractivity contribution in [2.24, 2.45) is 10.1 Å². The van der Waals surface area contributed by atoms with Gasteiger partial charge in [0.1, 0.15) is 27.4 Å². The second-order valence-corrected chi connectivity index (χ2v) is 8.33. The molecule has 1 N–H and O–H groups in total. The quantitative estimate of drug-likeness (QED) is 0.281. The summed E-state index contributed by atoms with van der Waals surface area (Å²) >= 11 is 1.14. The minimum atomic E-state index is -1.11. The van der Waals surface area contributed by atoms with Gasteiger partial charge < -0.3 is 0 Å². The number of nitrogens with one attached hydrogen (secondary N) is 1. The van der Waals surface area contributed by atoms with E-state index < -0.39 is 22.5 Å². The minimum Gasteiger partial charge on any atom is -0.275 e. The molecule has 0 radical (unpaired) electrons. The second-order valence-electron chi connectivity index (χ2n) is 7.07. The summed E-state index contributed by atoms with van der Waals surface area (Å²) < 4.78 is 28.5. The van der Waals surface area contributed by atoms with E-state index in [0.29, 0.717) is 5.84 Å². The van der Waals surface area contributed by atoms with Gasteiger partial charge in [0.05, 0.1) is 13.7 Å². The van der Waals surface area contributed by atoms with E-state index >= 15 is 0 Å². The topological polar surface area (TPSA) is 78.8 Å². The lowest BCUT2D eigenvalue weighted by atomic mass is 10.0. The lowest BCUT2D eigenvalue weighted by Gasteiger charge is -2.36. The van der Waals surface area contributed by atoms with Crippen LogP contribution in [0.15, 0.2) is 58.6 Å². The van der Waals surface area contributed by atoms with Crippen molar-refractivity contribution >= 4 is 28.7 Å². The van der Waals surface area contributed by atoms with E-state index in [9.17, 15) is 13.6 Å². The largest absolute Gasteiger partial charge is 0.365 e. The van der Waals surface area contributed by atoms with Crippen LogP contribution in [0, 0.1) is 11.6 Å². The standard InChI is InChI=1S/C22H25F2N5O3S/c1-15(25-2)27-32-13-12-22(16-8-6-5-7-9-16)29(21(30)28(3)31-4)26-20(33-22)18-14-17(23)10-11-19(18)24/h5-11,14H,12-13H2,1-4H3,(H,25,27). The van der Waals surface area contributed by atoms with Gasteiger partial charge in [-0.05, 0) is 30.7 Å². The minimum absolute atomic E-state index is 0.0383. The molecule has 11 heteroatoms. The number of carbonyl (C=O) groups is 1. The first-order chi connectivity index (χ1) is 15.8. The molecule has 1 atom stereocenters. The molecule has 1 heterocycles. The monoisotopic (exact) mass is 477 g/mol. The van der Waals surface area contributed by atoms with Crippen LogP contribution in [0.25, 0.3) is 0 Å². The van der Waals surface area contributed by atoms with Gasteiger partial charge in [-0.15, -0.1) is 0 Å². The summed E-state index contributed by atoms with van der Waals surface area (Å²) in [5, 5.41) is 6.82. The van der Waals surface area contributed by atoms with Crippen LogP contribution >= 0.6 is 11.8 Å². The molecule has 0 saturated heterocycles. The number of thioether (sulfide) groups is 1. The fourth-order valence-electron chi connectivity index (χ4n) is 3.15. The smallest absolute Gasteiger partial charge is 0.275 e.